The first-order valence-electron chi connectivity index (χ1n) is 6.77. The second-order valence-electron chi connectivity index (χ2n) is 5.10. The van der Waals surface area contributed by atoms with Crippen molar-refractivity contribution in [3.05, 3.63) is 34.1 Å². The maximum absolute atomic E-state index is 13.1. The van der Waals surface area contributed by atoms with Crippen LogP contribution in [0.3, 0.4) is 0 Å². The second kappa shape index (κ2) is 5.87. The zero-order chi connectivity index (χ0) is 17.5. The highest BCUT2D eigenvalue weighted by Gasteiger charge is 2.43. The van der Waals surface area contributed by atoms with Crippen LogP contribution < -0.4 is 14.3 Å². The smallest absolute Gasteiger partial charge is 0.395 e. The minimum atomic E-state index is -3.70. The van der Waals surface area contributed by atoms with Crippen molar-refractivity contribution >= 4 is 17.4 Å². The highest BCUT2D eigenvalue weighted by atomic mass is 32.1. The molecular weight excluding hydrogens is 344 g/mol. The third-order valence-electron chi connectivity index (χ3n) is 3.09. The predicted molar refractivity (Wildman–Crippen MR) is 80.4 cm³/mol. The van der Waals surface area contributed by atoms with E-state index in [1.165, 1.54) is 27.7 Å². The van der Waals surface area contributed by atoms with Crippen molar-refractivity contribution in [1.82, 2.24) is 9.47 Å². The zero-order valence-corrected chi connectivity index (χ0v) is 13.5. The van der Waals surface area contributed by atoms with Gasteiger partial charge in [0.2, 0.25) is 0 Å². The van der Waals surface area contributed by atoms with Crippen LogP contribution in [-0.2, 0) is 6.61 Å². The molecule has 24 heavy (non-hydrogen) atoms. The van der Waals surface area contributed by atoms with Gasteiger partial charge in [-0.05, 0) is 12.1 Å². The number of aliphatic hydroxyl groups excluding tert-OH is 1. The van der Waals surface area contributed by atoms with Gasteiger partial charge in [-0.15, -0.1) is 8.78 Å². The topological polar surface area (TPSA) is 76.3 Å². The number of nitrogens with zero attached hydrogens (tertiary/aromatic N) is 3. The van der Waals surface area contributed by atoms with Crippen molar-refractivity contribution < 1.29 is 28.2 Å². The summed E-state index contributed by atoms with van der Waals surface area (Å²) in [6, 6.07) is 3.73. The molecule has 0 unspecified atom stereocenters. The normalized spacial score (nSPS) is 15.6. The molecule has 0 aliphatic carbocycles. The molecule has 10 heteroatoms. The summed E-state index contributed by atoms with van der Waals surface area (Å²) in [6.07, 6.45) is -2.13. The molecule has 1 aromatic carbocycles. The molecule has 2 amide bonds. The Balaban J connectivity index is 2.08. The molecule has 1 N–H and O–H groups in total. The fourth-order valence-electron chi connectivity index (χ4n) is 2.00. The average molecular weight is 357 g/mol. The number of carbonyl (C=O) groups excluding carboxylic acids is 1. The van der Waals surface area contributed by atoms with E-state index in [1.54, 1.807) is 20.3 Å². The summed E-state index contributed by atoms with van der Waals surface area (Å²) in [5.74, 6) is -0.198. The number of aliphatic hydroxyl groups is 1. The van der Waals surface area contributed by atoms with E-state index in [2.05, 4.69) is 14.5 Å². The SMILES string of the molecule is CN(C)C(=O)/N=c1\sc(CO)cn1-c1ccc2c(c1)OC(F)(F)O2. The maximum atomic E-state index is 13.1. The van der Waals surface area contributed by atoms with Gasteiger partial charge in [0, 0.05) is 26.4 Å². The van der Waals surface area contributed by atoms with Gasteiger partial charge in [0.1, 0.15) is 0 Å². The van der Waals surface area contributed by atoms with Crippen LogP contribution in [0.1, 0.15) is 4.88 Å². The molecule has 1 aliphatic rings. The molecule has 128 valence electrons. The number of halogens is 2. The number of amides is 2. The molecule has 0 bridgehead atoms. The van der Waals surface area contributed by atoms with Crippen LogP contribution in [0.5, 0.6) is 11.5 Å². The van der Waals surface area contributed by atoms with Gasteiger partial charge >= 0.3 is 12.3 Å². The number of carbonyl (C=O) groups is 1. The number of aromatic nitrogens is 1. The van der Waals surface area contributed by atoms with Gasteiger partial charge in [0.25, 0.3) is 0 Å². The summed E-state index contributed by atoms with van der Waals surface area (Å²) in [5, 5.41) is 9.31. The van der Waals surface area contributed by atoms with E-state index in [1.807, 2.05) is 0 Å². The molecule has 7 nitrogen and oxygen atoms in total. The summed E-state index contributed by atoms with van der Waals surface area (Å²) in [7, 11) is 3.11. The fourth-order valence-corrected chi connectivity index (χ4v) is 2.83. The molecule has 0 saturated heterocycles. The molecule has 2 heterocycles. The summed E-state index contributed by atoms with van der Waals surface area (Å²) >= 11 is 1.11. The lowest BCUT2D eigenvalue weighted by Crippen LogP contribution is -2.26. The van der Waals surface area contributed by atoms with Gasteiger partial charge in [-0.2, -0.15) is 4.99 Å². The molecule has 0 atom stereocenters. The summed E-state index contributed by atoms with van der Waals surface area (Å²) < 4.78 is 36.5. The van der Waals surface area contributed by atoms with Crippen LogP contribution in [0.4, 0.5) is 13.6 Å². The van der Waals surface area contributed by atoms with E-state index in [9.17, 15) is 18.7 Å². The molecule has 0 fully saturated rings. The first kappa shape index (κ1) is 16.4. The Morgan fingerprint density at radius 2 is 2.08 bits per heavy atom. The lowest BCUT2D eigenvalue weighted by Gasteiger charge is -2.06. The number of thiazole rings is 1. The molecular formula is C14H13F2N3O4S. The largest absolute Gasteiger partial charge is 0.586 e. The van der Waals surface area contributed by atoms with Gasteiger partial charge in [0.05, 0.1) is 17.2 Å². The first-order chi connectivity index (χ1) is 11.3. The molecule has 1 aliphatic heterocycles. The maximum Gasteiger partial charge on any atom is 0.586 e. The van der Waals surface area contributed by atoms with E-state index in [0.29, 0.717) is 15.4 Å². The van der Waals surface area contributed by atoms with Crippen molar-refractivity contribution in [2.45, 2.75) is 12.9 Å². The fraction of sp³-hybridized carbons (Fsp3) is 0.286. The van der Waals surface area contributed by atoms with E-state index in [-0.39, 0.29) is 18.1 Å². The van der Waals surface area contributed by atoms with Crippen LogP contribution in [0, 0.1) is 0 Å². The summed E-state index contributed by atoms with van der Waals surface area (Å²) in [6.45, 7) is -0.237. The van der Waals surface area contributed by atoms with Crippen LogP contribution in [0.25, 0.3) is 5.69 Å². The van der Waals surface area contributed by atoms with Gasteiger partial charge in [-0.25, -0.2) is 4.79 Å². The van der Waals surface area contributed by atoms with E-state index >= 15 is 0 Å². The van der Waals surface area contributed by atoms with E-state index < -0.39 is 12.3 Å². The van der Waals surface area contributed by atoms with Gasteiger partial charge < -0.3 is 19.5 Å². The number of ether oxygens (including phenoxy) is 2. The number of hydrogen-bond donors (Lipinski definition) is 1. The van der Waals surface area contributed by atoms with Gasteiger partial charge in [-0.3, -0.25) is 4.57 Å². The molecule has 2 aromatic rings. The molecule has 0 saturated carbocycles. The minimum Gasteiger partial charge on any atom is -0.395 e. The first-order valence-corrected chi connectivity index (χ1v) is 7.59. The lowest BCUT2D eigenvalue weighted by atomic mass is 10.3. The summed E-state index contributed by atoms with van der Waals surface area (Å²) in [5.41, 5.74) is 0.441. The Hall–Kier alpha value is -2.46. The quantitative estimate of drug-likeness (QED) is 0.891. The number of rotatable bonds is 2. The van der Waals surface area contributed by atoms with Crippen molar-refractivity contribution in [2.24, 2.45) is 4.99 Å². The number of alkyl halides is 2. The summed E-state index contributed by atoms with van der Waals surface area (Å²) in [4.78, 5) is 17.9. The number of benzene rings is 1. The Kier molecular flexibility index (Phi) is 4.01. The van der Waals surface area contributed by atoms with Crippen molar-refractivity contribution in [3.8, 4) is 17.2 Å². The molecule has 0 spiro atoms. The third kappa shape index (κ3) is 3.10. The Morgan fingerprint density at radius 3 is 2.75 bits per heavy atom. The van der Waals surface area contributed by atoms with Crippen molar-refractivity contribution in [1.29, 1.82) is 0 Å². The van der Waals surface area contributed by atoms with Crippen molar-refractivity contribution in [2.75, 3.05) is 14.1 Å². The van der Waals surface area contributed by atoms with Crippen LogP contribution in [0.15, 0.2) is 29.4 Å². The number of fused-ring (bicyclic) bond motifs is 1. The molecule has 0 radical (unpaired) electrons. The standard InChI is InChI=1S/C14H13F2N3O4S/c1-18(2)12(21)17-13-19(6-9(7-20)24-13)8-3-4-10-11(5-8)23-14(15,16)22-10/h3-6,20H,7H2,1-2H3/b17-13-. The van der Waals surface area contributed by atoms with Gasteiger partial charge in [-0.1, -0.05) is 11.3 Å². The molecule has 1 aromatic heterocycles. The van der Waals surface area contributed by atoms with Crippen LogP contribution >= 0.6 is 11.3 Å². The minimum absolute atomic E-state index is 0.0789. The Labute approximate surface area is 139 Å². The lowest BCUT2D eigenvalue weighted by molar-refractivity contribution is -0.286. The van der Waals surface area contributed by atoms with E-state index in [4.69, 9.17) is 0 Å². The Morgan fingerprint density at radius 1 is 1.38 bits per heavy atom. The Bertz CT molecular complexity index is 860. The average Bonchev–Trinajstić information content (AvgIpc) is 3.04. The zero-order valence-electron chi connectivity index (χ0n) is 12.7. The number of hydrogen-bond acceptors (Lipinski definition) is 5. The number of urea groups is 1. The van der Waals surface area contributed by atoms with E-state index in [0.717, 1.165) is 11.3 Å². The highest BCUT2D eigenvalue weighted by molar-refractivity contribution is 7.09. The van der Waals surface area contributed by atoms with Crippen LogP contribution in [0.2, 0.25) is 0 Å². The molecule has 3 rings (SSSR count). The second-order valence-corrected chi connectivity index (χ2v) is 6.19. The van der Waals surface area contributed by atoms with Crippen molar-refractivity contribution in [3.63, 3.8) is 0 Å². The third-order valence-corrected chi connectivity index (χ3v) is 4.06. The highest BCUT2D eigenvalue weighted by Crippen LogP contribution is 2.41. The monoisotopic (exact) mass is 357 g/mol. The van der Waals surface area contributed by atoms with Crippen LogP contribution in [-0.4, -0.2) is 41.0 Å². The van der Waals surface area contributed by atoms with Gasteiger partial charge in [0.15, 0.2) is 16.3 Å². The predicted octanol–water partition coefficient (Wildman–Crippen LogP) is 1.93.